The number of nitrogens with one attached hydrogen (secondary N) is 1. The molecule has 7 heteroatoms. The Kier molecular flexibility index (Phi) is 5.00. The number of hydrogen-bond donors (Lipinski definition) is 1. The Hall–Kier alpha value is -2.41. The summed E-state index contributed by atoms with van der Waals surface area (Å²) in [5.41, 5.74) is 2.54. The van der Waals surface area contributed by atoms with Crippen molar-refractivity contribution in [2.75, 3.05) is 16.7 Å². The van der Waals surface area contributed by atoms with E-state index in [1.165, 1.54) is 36.6 Å². The summed E-state index contributed by atoms with van der Waals surface area (Å²) in [6.45, 7) is 1.35. The van der Waals surface area contributed by atoms with E-state index in [1.54, 1.807) is 12.1 Å². The van der Waals surface area contributed by atoms with Crippen molar-refractivity contribution in [1.82, 2.24) is 0 Å². The van der Waals surface area contributed by atoms with Gasteiger partial charge in [0.2, 0.25) is 5.91 Å². The molecular formula is C19H21FN2O3S. The molecule has 26 heavy (non-hydrogen) atoms. The molecule has 0 unspecified atom stereocenters. The van der Waals surface area contributed by atoms with Crippen molar-refractivity contribution >= 4 is 27.3 Å². The zero-order valence-corrected chi connectivity index (χ0v) is 15.6. The van der Waals surface area contributed by atoms with Gasteiger partial charge in [-0.3, -0.25) is 9.52 Å². The molecule has 0 radical (unpaired) electrons. The van der Waals surface area contributed by atoms with E-state index in [-0.39, 0.29) is 16.5 Å². The first-order chi connectivity index (χ1) is 12.3. The van der Waals surface area contributed by atoms with Crippen molar-refractivity contribution in [2.24, 2.45) is 0 Å². The lowest BCUT2D eigenvalue weighted by atomic mass is 9.92. The zero-order valence-electron chi connectivity index (χ0n) is 14.8. The molecule has 0 spiro atoms. The average molecular weight is 376 g/mol. The van der Waals surface area contributed by atoms with Gasteiger partial charge in [0.05, 0.1) is 16.3 Å². The van der Waals surface area contributed by atoms with Crippen LogP contribution in [0.1, 0.15) is 30.9 Å². The minimum Gasteiger partial charge on any atom is -0.314 e. The number of carbonyl (C=O) groups excluding carboxylic acids is 1. The van der Waals surface area contributed by atoms with Gasteiger partial charge in [-0.1, -0.05) is 6.07 Å². The number of rotatable bonds is 4. The predicted molar refractivity (Wildman–Crippen MR) is 99.4 cm³/mol. The lowest BCUT2D eigenvalue weighted by Crippen LogP contribution is -2.25. The van der Waals surface area contributed by atoms with Crippen LogP contribution in [0.3, 0.4) is 0 Å². The molecule has 2 aromatic rings. The number of hydrogen-bond acceptors (Lipinski definition) is 3. The number of halogens is 1. The Morgan fingerprint density at radius 2 is 1.77 bits per heavy atom. The third-order valence-corrected chi connectivity index (χ3v) is 6.03. The number of fused-ring (bicyclic) bond motifs is 1. The second-order valence-corrected chi connectivity index (χ2v) is 8.17. The molecule has 1 amide bonds. The standard InChI is InChI=1S/C19H21FN2O3S/c1-13(23)22(2)19-10-8-16(20)12-18(19)21-26(24,25)17-9-7-14-5-3-4-6-15(14)11-17/h7-12,21H,3-6H2,1-2H3. The number of anilines is 2. The van der Waals surface area contributed by atoms with E-state index >= 15 is 0 Å². The fraction of sp³-hybridized carbons (Fsp3) is 0.316. The molecule has 1 aliphatic rings. The number of carbonyl (C=O) groups is 1. The van der Waals surface area contributed by atoms with E-state index < -0.39 is 15.8 Å². The van der Waals surface area contributed by atoms with Crippen molar-refractivity contribution in [3.63, 3.8) is 0 Å². The first kappa shape index (κ1) is 18.4. The van der Waals surface area contributed by atoms with Crippen LogP contribution in [0.2, 0.25) is 0 Å². The summed E-state index contributed by atoms with van der Waals surface area (Å²) in [5, 5.41) is 0. The zero-order chi connectivity index (χ0) is 18.9. The minimum atomic E-state index is -3.90. The minimum absolute atomic E-state index is 0.0282. The molecule has 2 aromatic carbocycles. The maximum atomic E-state index is 13.7. The fourth-order valence-corrected chi connectivity index (χ4v) is 4.25. The van der Waals surface area contributed by atoms with E-state index in [4.69, 9.17) is 0 Å². The van der Waals surface area contributed by atoms with Gasteiger partial charge < -0.3 is 4.90 Å². The van der Waals surface area contributed by atoms with Crippen LogP contribution in [-0.4, -0.2) is 21.4 Å². The van der Waals surface area contributed by atoms with E-state index in [2.05, 4.69) is 4.72 Å². The molecule has 0 heterocycles. The van der Waals surface area contributed by atoms with Gasteiger partial charge in [-0.15, -0.1) is 0 Å². The van der Waals surface area contributed by atoms with Gasteiger partial charge in [-0.05, 0) is 61.1 Å². The summed E-state index contributed by atoms with van der Waals surface area (Å²) >= 11 is 0. The first-order valence-corrected chi connectivity index (χ1v) is 9.95. The van der Waals surface area contributed by atoms with Gasteiger partial charge in [0, 0.05) is 20.0 Å². The highest BCUT2D eigenvalue weighted by atomic mass is 32.2. The lowest BCUT2D eigenvalue weighted by molar-refractivity contribution is -0.116. The second-order valence-electron chi connectivity index (χ2n) is 6.48. The summed E-state index contributed by atoms with van der Waals surface area (Å²) < 4.78 is 41.7. The van der Waals surface area contributed by atoms with Crippen molar-refractivity contribution < 1.29 is 17.6 Å². The molecule has 0 saturated heterocycles. The Labute approximate surface area is 152 Å². The number of nitrogens with zero attached hydrogens (tertiary/aromatic N) is 1. The van der Waals surface area contributed by atoms with Gasteiger partial charge in [-0.25, -0.2) is 12.8 Å². The Morgan fingerprint density at radius 1 is 1.08 bits per heavy atom. The lowest BCUT2D eigenvalue weighted by Gasteiger charge is -2.21. The smallest absolute Gasteiger partial charge is 0.261 e. The molecular weight excluding hydrogens is 355 g/mol. The van der Waals surface area contributed by atoms with E-state index in [0.29, 0.717) is 5.69 Å². The van der Waals surface area contributed by atoms with Crippen LogP contribution in [0.5, 0.6) is 0 Å². The Bertz CT molecular complexity index is 957. The van der Waals surface area contributed by atoms with Crippen molar-refractivity contribution in [3.8, 4) is 0 Å². The topological polar surface area (TPSA) is 66.5 Å². The predicted octanol–water partition coefficient (Wildman–Crippen LogP) is 3.49. The first-order valence-electron chi connectivity index (χ1n) is 8.46. The van der Waals surface area contributed by atoms with E-state index in [0.717, 1.165) is 37.3 Å². The second kappa shape index (κ2) is 7.07. The third kappa shape index (κ3) is 3.72. The van der Waals surface area contributed by atoms with Gasteiger partial charge >= 0.3 is 0 Å². The molecule has 0 aromatic heterocycles. The van der Waals surface area contributed by atoms with Gasteiger partial charge in [0.1, 0.15) is 5.82 Å². The van der Waals surface area contributed by atoms with Crippen LogP contribution in [-0.2, 0) is 27.7 Å². The van der Waals surface area contributed by atoms with Crippen molar-refractivity contribution in [3.05, 3.63) is 53.3 Å². The van der Waals surface area contributed by atoms with Crippen molar-refractivity contribution in [1.29, 1.82) is 0 Å². The normalized spacial score (nSPS) is 13.8. The molecule has 1 aliphatic carbocycles. The molecule has 3 rings (SSSR count). The van der Waals surface area contributed by atoms with Crippen LogP contribution in [0.4, 0.5) is 15.8 Å². The summed E-state index contributed by atoms with van der Waals surface area (Å²) in [6.07, 6.45) is 3.97. The highest BCUT2D eigenvalue weighted by Crippen LogP contribution is 2.30. The van der Waals surface area contributed by atoms with Crippen LogP contribution >= 0.6 is 0 Å². The molecule has 0 bridgehead atoms. The molecule has 0 fully saturated rings. The molecule has 0 aliphatic heterocycles. The van der Waals surface area contributed by atoms with Crippen molar-refractivity contribution in [2.45, 2.75) is 37.5 Å². The molecule has 0 saturated carbocycles. The molecule has 1 N–H and O–H groups in total. The monoisotopic (exact) mass is 376 g/mol. The highest BCUT2D eigenvalue weighted by Gasteiger charge is 2.21. The van der Waals surface area contributed by atoms with Gasteiger partial charge in [0.25, 0.3) is 10.0 Å². The van der Waals surface area contributed by atoms with Crippen LogP contribution in [0.25, 0.3) is 0 Å². The van der Waals surface area contributed by atoms with E-state index in [1.807, 2.05) is 6.07 Å². The number of amides is 1. The van der Waals surface area contributed by atoms with Gasteiger partial charge in [0.15, 0.2) is 0 Å². The van der Waals surface area contributed by atoms with E-state index in [9.17, 15) is 17.6 Å². The van der Waals surface area contributed by atoms with Crippen LogP contribution in [0, 0.1) is 5.82 Å². The van der Waals surface area contributed by atoms with Gasteiger partial charge in [-0.2, -0.15) is 0 Å². The summed E-state index contributed by atoms with van der Waals surface area (Å²) in [6, 6.07) is 8.74. The number of benzene rings is 2. The summed E-state index contributed by atoms with van der Waals surface area (Å²) in [7, 11) is -2.39. The third-order valence-electron chi connectivity index (χ3n) is 4.67. The SMILES string of the molecule is CC(=O)N(C)c1ccc(F)cc1NS(=O)(=O)c1ccc2c(c1)CCCC2. The van der Waals surface area contributed by atoms with Crippen LogP contribution < -0.4 is 9.62 Å². The molecule has 5 nitrogen and oxygen atoms in total. The maximum Gasteiger partial charge on any atom is 0.261 e. The highest BCUT2D eigenvalue weighted by molar-refractivity contribution is 7.92. The molecule has 138 valence electrons. The number of aryl methyl sites for hydroxylation is 2. The average Bonchev–Trinajstić information content (AvgIpc) is 2.60. The number of sulfonamides is 1. The largest absolute Gasteiger partial charge is 0.314 e. The van der Waals surface area contributed by atoms with Crippen LogP contribution in [0.15, 0.2) is 41.3 Å². The Balaban J connectivity index is 1.97. The maximum absolute atomic E-state index is 13.7. The Morgan fingerprint density at radius 3 is 2.46 bits per heavy atom. The summed E-state index contributed by atoms with van der Waals surface area (Å²) in [4.78, 5) is 13.0. The molecule has 0 atom stereocenters. The quantitative estimate of drug-likeness (QED) is 0.888. The summed E-state index contributed by atoms with van der Waals surface area (Å²) in [5.74, 6) is -0.875. The fourth-order valence-electron chi connectivity index (χ4n) is 3.13.